The predicted molar refractivity (Wildman–Crippen MR) is 103 cm³/mol. The molecule has 6 heteroatoms. The normalized spacial score (nSPS) is 15.6. The summed E-state index contributed by atoms with van der Waals surface area (Å²) in [6.07, 6.45) is 6.07. The summed E-state index contributed by atoms with van der Waals surface area (Å²) in [5.74, 6) is -0.148. The third kappa shape index (κ3) is 3.90. The molecule has 0 aliphatic heterocycles. The van der Waals surface area contributed by atoms with Crippen LogP contribution in [0.25, 0.3) is 0 Å². The van der Waals surface area contributed by atoms with Crippen LogP contribution in [0.3, 0.4) is 0 Å². The SMILES string of the molecule is Cc1cccc(C(N)=O)c1NS(=O)(=O)c1ccc(C2CCCCC2)cc1. The third-order valence-electron chi connectivity index (χ3n) is 5.04. The first-order valence-electron chi connectivity index (χ1n) is 8.90. The van der Waals surface area contributed by atoms with Gasteiger partial charge in [0.2, 0.25) is 0 Å². The Balaban J connectivity index is 1.86. The minimum Gasteiger partial charge on any atom is -0.366 e. The van der Waals surface area contributed by atoms with E-state index in [0.717, 1.165) is 12.8 Å². The van der Waals surface area contributed by atoms with Gasteiger partial charge < -0.3 is 5.73 Å². The average Bonchev–Trinajstić information content (AvgIpc) is 2.64. The maximum absolute atomic E-state index is 12.8. The van der Waals surface area contributed by atoms with Gasteiger partial charge in [-0.1, -0.05) is 43.5 Å². The first-order chi connectivity index (χ1) is 12.4. The molecule has 1 aliphatic rings. The molecule has 0 unspecified atom stereocenters. The Morgan fingerprint density at radius 3 is 2.31 bits per heavy atom. The fourth-order valence-corrected chi connectivity index (χ4v) is 4.71. The molecule has 1 amide bonds. The molecule has 1 saturated carbocycles. The van der Waals surface area contributed by atoms with Crippen molar-refractivity contribution in [1.29, 1.82) is 0 Å². The van der Waals surface area contributed by atoms with Crippen molar-refractivity contribution in [1.82, 2.24) is 0 Å². The molecule has 3 rings (SSSR count). The standard InChI is InChI=1S/C20H24N2O3S/c1-14-6-5-9-18(20(21)23)19(14)22-26(24,25)17-12-10-16(11-13-17)15-7-3-2-4-8-15/h5-6,9-13,15,22H,2-4,7-8H2,1H3,(H2,21,23). The Hall–Kier alpha value is -2.34. The lowest BCUT2D eigenvalue weighted by molar-refractivity contribution is 0.100. The van der Waals surface area contributed by atoms with E-state index in [0.29, 0.717) is 11.5 Å². The number of rotatable bonds is 5. The number of hydrogen-bond acceptors (Lipinski definition) is 3. The van der Waals surface area contributed by atoms with Gasteiger partial charge in [0, 0.05) is 0 Å². The van der Waals surface area contributed by atoms with E-state index in [9.17, 15) is 13.2 Å². The van der Waals surface area contributed by atoms with Crippen molar-refractivity contribution in [3.05, 3.63) is 59.2 Å². The molecule has 2 aromatic rings. The van der Waals surface area contributed by atoms with Gasteiger partial charge in [0.25, 0.3) is 15.9 Å². The van der Waals surface area contributed by atoms with Gasteiger partial charge in [-0.2, -0.15) is 0 Å². The molecule has 1 fully saturated rings. The van der Waals surface area contributed by atoms with Gasteiger partial charge in [-0.05, 0) is 55.0 Å². The summed E-state index contributed by atoms with van der Waals surface area (Å²) in [7, 11) is -3.80. The molecule has 2 aromatic carbocycles. The van der Waals surface area contributed by atoms with Gasteiger partial charge in [0.15, 0.2) is 0 Å². The number of nitrogens with two attached hydrogens (primary N) is 1. The van der Waals surface area contributed by atoms with Crippen molar-refractivity contribution >= 4 is 21.6 Å². The molecular weight excluding hydrogens is 348 g/mol. The Kier molecular flexibility index (Phi) is 5.32. The number of sulfonamides is 1. The van der Waals surface area contributed by atoms with Crippen molar-refractivity contribution in [3.63, 3.8) is 0 Å². The minimum absolute atomic E-state index is 0.160. The van der Waals surface area contributed by atoms with E-state index in [2.05, 4.69) is 4.72 Å². The smallest absolute Gasteiger partial charge is 0.261 e. The van der Waals surface area contributed by atoms with Crippen LogP contribution >= 0.6 is 0 Å². The van der Waals surface area contributed by atoms with Gasteiger partial charge >= 0.3 is 0 Å². The van der Waals surface area contributed by atoms with Gasteiger partial charge in [0.1, 0.15) is 0 Å². The lowest BCUT2D eigenvalue weighted by Crippen LogP contribution is -2.19. The molecule has 0 radical (unpaired) electrons. The van der Waals surface area contributed by atoms with Crippen LogP contribution in [0.15, 0.2) is 47.4 Å². The van der Waals surface area contributed by atoms with Gasteiger partial charge in [-0.25, -0.2) is 8.42 Å². The van der Waals surface area contributed by atoms with Crippen LogP contribution in [0.4, 0.5) is 5.69 Å². The summed E-state index contributed by atoms with van der Waals surface area (Å²) in [6.45, 7) is 1.73. The van der Waals surface area contributed by atoms with E-state index < -0.39 is 15.9 Å². The summed E-state index contributed by atoms with van der Waals surface area (Å²) in [4.78, 5) is 11.8. The number of benzene rings is 2. The monoisotopic (exact) mass is 372 g/mol. The van der Waals surface area contributed by atoms with Crippen molar-refractivity contribution in [2.75, 3.05) is 4.72 Å². The molecule has 0 bridgehead atoms. The number of primary amides is 1. The number of carbonyl (C=O) groups is 1. The molecule has 1 aliphatic carbocycles. The molecule has 26 heavy (non-hydrogen) atoms. The third-order valence-corrected chi connectivity index (χ3v) is 6.41. The van der Waals surface area contributed by atoms with Crippen molar-refractivity contribution in [3.8, 4) is 0 Å². The van der Waals surface area contributed by atoms with E-state index in [-0.39, 0.29) is 16.1 Å². The van der Waals surface area contributed by atoms with Crippen LogP contribution in [0.2, 0.25) is 0 Å². The number of carbonyl (C=O) groups excluding carboxylic acids is 1. The molecule has 0 spiro atoms. The minimum atomic E-state index is -3.80. The fourth-order valence-electron chi connectivity index (χ4n) is 3.56. The predicted octanol–water partition coefficient (Wildman–Crippen LogP) is 3.94. The highest BCUT2D eigenvalue weighted by molar-refractivity contribution is 7.92. The summed E-state index contributed by atoms with van der Waals surface area (Å²) in [5, 5.41) is 0. The first kappa shape index (κ1) is 18.5. The lowest BCUT2D eigenvalue weighted by atomic mass is 9.84. The van der Waals surface area contributed by atoms with Gasteiger partial charge in [-0.3, -0.25) is 9.52 Å². The van der Waals surface area contributed by atoms with Crippen LogP contribution in [0.5, 0.6) is 0 Å². The highest BCUT2D eigenvalue weighted by atomic mass is 32.2. The van der Waals surface area contributed by atoms with Crippen LogP contribution in [0, 0.1) is 6.92 Å². The van der Waals surface area contributed by atoms with E-state index in [4.69, 9.17) is 5.73 Å². The first-order valence-corrected chi connectivity index (χ1v) is 10.4. The fraction of sp³-hybridized carbons (Fsp3) is 0.350. The van der Waals surface area contributed by atoms with E-state index in [1.807, 2.05) is 12.1 Å². The van der Waals surface area contributed by atoms with Crippen LogP contribution in [-0.4, -0.2) is 14.3 Å². The van der Waals surface area contributed by atoms with Crippen molar-refractivity contribution in [2.24, 2.45) is 5.73 Å². The summed E-state index contributed by atoms with van der Waals surface area (Å²) < 4.78 is 28.0. The Labute approximate surface area is 154 Å². The maximum Gasteiger partial charge on any atom is 0.261 e. The zero-order valence-corrected chi connectivity index (χ0v) is 15.7. The zero-order valence-electron chi connectivity index (χ0n) is 14.9. The number of nitrogens with one attached hydrogen (secondary N) is 1. The summed E-state index contributed by atoms with van der Waals surface area (Å²) >= 11 is 0. The topological polar surface area (TPSA) is 89.3 Å². The van der Waals surface area contributed by atoms with E-state index in [1.165, 1.54) is 30.9 Å². The number of aryl methyl sites for hydroxylation is 1. The summed E-state index contributed by atoms with van der Waals surface area (Å²) in [6, 6.07) is 12.0. The highest BCUT2D eigenvalue weighted by Gasteiger charge is 2.21. The van der Waals surface area contributed by atoms with E-state index in [1.54, 1.807) is 31.2 Å². The number of anilines is 1. The zero-order chi connectivity index (χ0) is 18.7. The van der Waals surface area contributed by atoms with Crippen molar-refractivity contribution in [2.45, 2.75) is 49.8 Å². The second kappa shape index (κ2) is 7.50. The summed E-state index contributed by atoms with van der Waals surface area (Å²) in [5.41, 5.74) is 7.60. The average molecular weight is 372 g/mol. The van der Waals surface area contributed by atoms with Crippen LogP contribution in [0.1, 0.15) is 59.5 Å². The highest BCUT2D eigenvalue weighted by Crippen LogP contribution is 2.33. The van der Waals surface area contributed by atoms with E-state index >= 15 is 0 Å². The van der Waals surface area contributed by atoms with Crippen LogP contribution in [-0.2, 0) is 10.0 Å². The molecule has 3 N–H and O–H groups in total. The maximum atomic E-state index is 12.8. The molecular formula is C20H24N2O3S. The number of hydrogen-bond donors (Lipinski definition) is 2. The quantitative estimate of drug-likeness (QED) is 0.833. The molecule has 0 atom stereocenters. The van der Waals surface area contributed by atoms with Gasteiger partial charge in [0.05, 0.1) is 16.1 Å². The van der Waals surface area contributed by atoms with Crippen molar-refractivity contribution < 1.29 is 13.2 Å². The molecule has 5 nitrogen and oxygen atoms in total. The largest absolute Gasteiger partial charge is 0.366 e. The lowest BCUT2D eigenvalue weighted by Gasteiger charge is -2.22. The number of para-hydroxylation sites is 1. The second-order valence-electron chi connectivity index (χ2n) is 6.87. The Morgan fingerprint density at radius 1 is 1.04 bits per heavy atom. The second-order valence-corrected chi connectivity index (χ2v) is 8.55. The Bertz CT molecular complexity index is 899. The molecule has 138 valence electrons. The van der Waals surface area contributed by atoms with Crippen LogP contribution < -0.4 is 10.5 Å². The number of amides is 1. The Morgan fingerprint density at radius 2 is 1.69 bits per heavy atom. The molecule has 0 heterocycles. The van der Waals surface area contributed by atoms with Gasteiger partial charge in [-0.15, -0.1) is 0 Å². The molecule has 0 aromatic heterocycles. The molecule has 0 saturated heterocycles.